The van der Waals surface area contributed by atoms with Crippen molar-refractivity contribution in [1.29, 1.82) is 0 Å². The number of anilines is 1. The Bertz CT molecular complexity index is 944. The predicted octanol–water partition coefficient (Wildman–Crippen LogP) is 2.90. The molecule has 0 saturated heterocycles. The zero-order valence-corrected chi connectivity index (χ0v) is 13.9. The number of benzene rings is 1. The highest BCUT2D eigenvalue weighted by atomic mass is 32.1. The molecule has 4 aromatic rings. The van der Waals surface area contributed by atoms with E-state index in [0.717, 1.165) is 16.5 Å². The van der Waals surface area contributed by atoms with Gasteiger partial charge in [0.15, 0.2) is 0 Å². The van der Waals surface area contributed by atoms with E-state index in [1.54, 1.807) is 22.2 Å². The van der Waals surface area contributed by atoms with E-state index in [1.165, 1.54) is 6.33 Å². The summed E-state index contributed by atoms with van der Waals surface area (Å²) < 4.78 is 1.60. The van der Waals surface area contributed by atoms with Gasteiger partial charge in [0.05, 0.1) is 23.7 Å². The van der Waals surface area contributed by atoms with Gasteiger partial charge in [-0.15, -0.1) is 5.10 Å². The van der Waals surface area contributed by atoms with Crippen molar-refractivity contribution in [1.82, 2.24) is 25.2 Å². The standard InChI is InChI=1S/C17H14N6OS/c24-16(20-14-5-1-3-12-4-2-7-18-17(12)14)9-15(13-6-8-25-10-13)23-11-19-21-22-23/h1-8,10-11,15H,9H2,(H,20,24)/t15-/m1/s1. The summed E-state index contributed by atoms with van der Waals surface area (Å²) in [5.74, 6) is -0.121. The Morgan fingerprint density at radius 1 is 1.24 bits per heavy atom. The van der Waals surface area contributed by atoms with Crippen LogP contribution in [0.25, 0.3) is 10.9 Å². The Kier molecular flexibility index (Phi) is 4.17. The van der Waals surface area contributed by atoms with E-state index >= 15 is 0 Å². The van der Waals surface area contributed by atoms with Gasteiger partial charge in [-0.1, -0.05) is 18.2 Å². The third kappa shape index (κ3) is 3.24. The van der Waals surface area contributed by atoms with Gasteiger partial charge in [-0.25, -0.2) is 4.68 Å². The van der Waals surface area contributed by atoms with E-state index in [2.05, 4.69) is 25.8 Å². The number of para-hydroxylation sites is 1. The zero-order valence-electron chi connectivity index (χ0n) is 13.1. The molecule has 1 N–H and O–H groups in total. The van der Waals surface area contributed by atoms with Crippen molar-refractivity contribution in [2.24, 2.45) is 0 Å². The monoisotopic (exact) mass is 350 g/mol. The molecule has 0 radical (unpaired) electrons. The molecule has 0 saturated carbocycles. The van der Waals surface area contributed by atoms with Crippen LogP contribution in [0.3, 0.4) is 0 Å². The summed E-state index contributed by atoms with van der Waals surface area (Å²) in [6.45, 7) is 0. The fourth-order valence-corrected chi connectivity index (χ4v) is 3.43. The van der Waals surface area contributed by atoms with Gasteiger partial charge in [-0.3, -0.25) is 9.78 Å². The normalized spacial score (nSPS) is 12.2. The number of carbonyl (C=O) groups is 1. The van der Waals surface area contributed by atoms with Crippen molar-refractivity contribution in [2.75, 3.05) is 5.32 Å². The number of fused-ring (bicyclic) bond motifs is 1. The Morgan fingerprint density at radius 2 is 2.16 bits per heavy atom. The molecule has 1 aromatic carbocycles. The minimum atomic E-state index is -0.246. The van der Waals surface area contributed by atoms with Crippen molar-refractivity contribution < 1.29 is 4.79 Å². The molecule has 0 bridgehead atoms. The third-order valence-electron chi connectivity index (χ3n) is 3.90. The molecule has 3 heterocycles. The van der Waals surface area contributed by atoms with Crippen LogP contribution in [0.4, 0.5) is 5.69 Å². The zero-order chi connectivity index (χ0) is 17.1. The first kappa shape index (κ1) is 15.4. The number of aromatic nitrogens is 5. The smallest absolute Gasteiger partial charge is 0.226 e. The number of nitrogens with zero attached hydrogens (tertiary/aromatic N) is 5. The maximum absolute atomic E-state index is 12.6. The van der Waals surface area contributed by atoms with Crippen LogP contribution in [0, 0.1) is 0 Å². The number of amides is 1. The number of pyridine rings is 1. The molecule has 0 aliphatic carbocycles. The number of hydrogen-bond donors (Lipinski definition) is 1. The molecule has 0 spiro atoms. The highest BCUT2D eigenvalue weighted by Gasteiger charge is 2.20. The molecule has 3 aromatic heterocycles. The van der Waals surface area contributed by atoms with E-state index in [9.17, 15) is 4.79 Å². The van der Waals surface area contributed by atoms with E-state index in [0.29, 0.717) is 5.69 Å². The highest BCUT2D eigenvalue weighted by Crippen LogP contribution is 2.25. The highest BCUT2D eigenvalue weighted by molar-refractivity contribution is 7.08. The fourth-order valence-electron chi connectivity index (χ4n) is 2.72. The number of thiophene rings is 1. The first-order valence-corrected chi connectivity index (χ1v) is 8.64. The van der Waals surface area contributed by atoms with Crippen LogP contribution < -0.4 is 5.32 Å². The van der Waals surface area contributed by atoms with Gasteiger partial charge in [-0.05, 0) is 44.9 Å². The molecule has 4 rings (SSSR count). The predicted molar refractivity (Wildman–Crippen MR) is 95.3 cm³/mol. The summed E-state index contributed by atoms with van der Waals surface area (Å²) in [5.41, 5.74) is 2.47. The van der Waals surface area contributed by atoms with E-state index in [1.807, 2.05) is 47.2 Å². The van der Waals surface area contributed by atoms with Crippen LogP contribution in [0.2, 0.25) is 0 Å². The van der Waals surface area contributed by atoms with E-state index < -0.39 is 0 Å². The second-order valence-electron chi connectivity index (χ2n) is 5.50. The molecule has 124 valence electrons. The summed E-state index contributed by atoms with van der Waals surface area (Å²) in [5, 5.41) is 19.2. The van der Waals surface area contributed by atoms with Gasteiger partial charge in [-0.2, -0.15) is 11.3 Å². The average Bonchev–Trinajstić information content (AvgIpc) is 3.34. The van der Waals surface area contributed by atoms with Crippen LogP contribution in [0.1, 0.15) is 18.0 Å². The van der Waals surface area contributed by atoms with Crippen molar-refractivity contribution in [2.45, 2.75) is 12.5 Å². The van der Waals surface area contributed by atoms with Crippen LogP contribution in [0.15, 0.2) is 59.7 Å². The number of carbonyl (C=O) groups excluding carboxylic acids is 1. The minimum Gasteiger partial charge on any atom is -0.324 e. The number of tetrazole rings is 1. The fraction of sp³-hybridized carbons (Fsp3) is 0.118. The third-order valence-corrected chi connectivity index (χ3v) is 4.60. The van der Waals surface area contributed by atoms with Gasteiger partial charge in [0.2, 0.25) is 5.91 Å². The molecule has 8 heteroatoms. The Balaban J connectivity index is 1.58. The summed E-state index contributed by atoms with van der Waals surface area (Å²) >= 11 is 1.57. The largest absolute Gasteiger partial charge is 0.324 e. The number of hydrogen-bond acceptors (Lipinski definition) is 6. The second kappa shape index (κ2) is 6.78. The first-order chi connectivity index (χ1) is 12.3. The molecule has 7 nitrogen and oxygen atoms in total. The molecule has 0 fully saturated rings. The molecule has 1 atom stereocenters. The lowest BCUT2D eigenvalue weighted by Gasteiger charge is -2.15. The van der Waals surface area contributed by atoms with Crippen LogP contribution in [-0.4, -0.2) is 31.1 Å². The average molecular weight is 350 g/mol. The quantitative estimate of drug-likeness (QED) is 0.598. The summed E-state index contributed by atoms with van der Waals surface area (Å²) in [7, 11) is 0. The van der Waals surface area contributed by atoms with Crippen LogP contribution in [0.5, 0.6) is 0 Å². The van der Waals surface area contributed by atoms with E-state index in [4.69, 9.17) is 0 Å². The maximum Gasteiger partial charge on any atom is 0.226 e. The molecule has 0 unspecified atom stereocenters. The molecular weight excluding hydrogens is 336 g/mol. The second-order valence-corrected chi connectivity index (χ2v) is 6.28. The van der Waals surface area contributed by atoms with Gasteiger partial charge in [0.25, 0.3) is 0 Å². The maximum atomic E-state index is 12.6. The van der Waals surface area contributed by atoms with Gasteiger partial charge in [0.1, 0.15) is 6.33 Å². The topological polar surface area (TPSA) is 85.6 Å². The van der Waals surface area contributed by atoms with E-state index in [-0.39, 0.29) is 18.4 Å². The Morgan fingerprint density at radius 3 is 2.96 bits per heavy atom. The Labute approximate surface area is 147 Å². The van der Waals surface area contributed by atoms with Gasteiger partial charge < -0.3 is 5.32 Å². The van der Waals surface area contributed by atoms with Crippen molar-refractivity contribution in [3.05, 3.63) is 65.2 Å². The number of nitrogens with one attached hydrogen (secondary N) is 1. The SMILES string of the molecule is O=C(C[C@H](c1ccsc1)n1cnnn1)Nc1cccc2cccnc12. The number of rotatable bonds is 5. The summed E-state index contributed by atoms with van der Waals surface area (Å²) in [4.78, 5) is 17.0. The van der Waals surface area contributed by atoms with Crippen molar-refractivity contribution in [3.8, 4) is 0 Å². The molecule has 0 aliphatic heterocycles. The molecule has 0 aliphatic rings. The lowest BCUT2D eigenvalue weighted by atomic mass is 10.1. The first-order valence-electron chi connectivity index (χ1n) is 7.69. The lowest BCUT2D eigenvalue weighted by molar-refractivity contribution is -0.116. The Hall–Kier alpha value is -3.13. The van der Waals surface area contributed by atoms with Gasteiger partial charge >= 0.3 is 0 Å². The van der Waals surface area contributed by atoms with Crippen molar-refractivity contribution in [3.63, 3.8) is 0 Å². The van der Waals surface area contributed by atoms with Gasteiger partial charge in [0, 0.05) is 11.6 Å². The summed E-state index contributed by atoms with van der Waals surface area (Å²) in [6, 6.07) is 11.3. The van der Waals surface area contributed by atoms with Crippen LogP contribution >= 0.6 is 11.3 Å². The molecular formula is C17H14N6OS. The molecule has 1 amide bonds. The summed E-state index contributed by atoms with van der Waals surface area (Å²) in [6.07, 6.45) is 3.47. The minimum absolute atomic E-state index is 0.121. The lowest BCUT2D eigenvalue weighted by Crippen LogP contribution is -2.20. The van der Waals surface area contributed by atoms with Crippen LogP contribution in [-0.2, 0) is 4.79 Å². The molecule has 25 heavy (non-hydrogen) atoms. The van der Waals surface area contributed by atoms with Crippen molar-refractivity contribution >= 4 is 33.8 Å².